The number of hydrogen-bond acceptors (Lipinski definition) is 6. The SMILES string of the molecule is CC(=O)CC[C@@H](C)[C@H]1CC[C@H]2[C@@H]3[C@@H](O)C[C@@H]4C[C@H](O)CC[C@]4(C)[C@H]3CC[C@]12C.CC[C@H]1[C@@H](O)[C@@H]2[C@H](CC[C@]3(C)[C@@H]([C@H](C)CCC(=O)O)CC[C@@H]23)[C@@]2(C)CC[C@@H](O)C[C@@H]12. The van der Waals surface area contributed by atoms with Crippen LogP contribution in [0.4, 0.5) is 0 Å². The van der Waals surface area contributed by atoms with Crippen molar-refractivity contribution < 1.29 is 35.1 Å². The van der Waals surface area contributed by atoms with Gasteiger partial charge in [-0.15, -0.1) is 0 Å². The van der Waals surface area contributed by atoms with Crippen LogP contribution in [-0.4, -0.2) is 61.7 Å². The van der Waals surface area contributed by atoms with Gasteiger partial charge in [-0.1, -0.05) is 54.9 Å². The molecule has 0 amide bonds. The van der Waals surface area contributed by atoms with E-state index in [0.29, 0.717) is 93.5 Å². The highest BCUT2D eigenvalue weighted by molar-refractivity contribution is 5.75. The zero-order valence-corrected chi connectivity index (χ0v) is 38.0. The van der Waals surface area contributed by atoms with Crippen LogP contribution in [0.2, 0.25) is 0 Å². The first kappa shape index (κ1) is 45.0. The Labute approximate surface area is 352 Å². The van der Waals surface area contributed by atoms with Gasteiger partial charge in [-0.3, -0.25) is 4.79 Å². The maximum Gasteiger partial charge on any atom is 0.303 e. The molecule has 0 aromatic heterocycles. The lowest BCUT2D eigenvalue weighted by molar-refractivity contribution is -0.203. The highest BCUT2D eigenvalue weighted by Gasteiger charge is 2.66. The molecule has 0 aromatic carbocycles. The summed E-state index contributed by atoms with van der Waals surface area (Å²) < 4.78 is 0. The third-order valence-corrected chi connectivity index (χ3v) is 21.3. The van der Waals surface area contributed by atoms with Gasteiger partial charge < -0.3 is 30.3 Å². The van der Waals surface area contributed by atoms with Crippen molar-refractivity contribution in [1.82, 2.24) is 0 Å². The summed E-state index contributed by atoms with van der Waals surface area (Å²) in [5.41, 5.74) is 1.12. The second-order valence-corrected chi connectivity index (χ2v) is 23.7. The number of carboxylic acid groups (broad SMARTS) is 1. The normalized spacial score (nSPS) is 51.6. The van der Waals surface area contributed by atoms with Crippen molar-refractivity contribution in [3.63, 3.8) is 0 Å². The first-order valence-corrected chi connectivity index (χ1v) is 24.7. The largest absolute Gasteiger partial charge is 0.481 e. The third kappa shape index (κ3) is 7.62. The van der Waals surface area contributed by atoms with E-state index < -0.39 is 5.97 Å². The first-order chi connectivity index (χ1) is 27.3. The van der Waals surface area contributed by atoms with Crippen molar-refractivity contribution >= 4 is 11.8 Å². The number of carbonyl (C=O) groups excluding carboxylic acids is 1. The van der Waals surface area contributed by atoms with Crippen molar-refractivity contribution in [1.29, 1.82) is 0 Å². The molecule has 0 spiro atoms. The number of aliphatic carboxylic acids is 1. The van der Waals surface area contributed by atoms with Crippen LogP contribution in [0.25, 0.3) is 0 Å². The van der Waals surface area contributed by atoms with Gasteiger partial charge in [-0.25, -0.2) is 0 Å². The number of hydrogen-bond donors (Lipinski definition) is 5. The van der Waals surface area contributed by atoms with Gasteiger partial charge in [-0.05, 0) is 215 Å². The fourth-order valence-electron chi connectivity index (χ4n) is 18.3. The van der Waals surface area contributed by atoms with Crippen LogP contribution in [0.3, 0.4) is 0 Å². The van der Waals surface area contributed by atoms with Crippen molar-refractivity contribution in [2.75, 3.05) is 0 Å². The van der Waals surface area contributed by atoms with Crippen LogP contribution in [0.15, 0.2) is 0 Å². The minimum Gasteiger partial charge on any atom is -0.481 e. The summed E-state index contributed by atoms with van der Waals surface area (Å²) in [7, 11) is 0. The topological polar surface area (TPSA) is 135 Å². The quantitative estimate of drug-likeness (QED) is 0.157. The molecule has 8 fully saturated rings. The van der Waals surface area contributed by atoms with Crippen molar-refractivity contribution in [2.24, 2.45) is 98.6 Å². The third-order valence-electron chi connectivity index (χ3n) is 21.3. The second-order valence-electron chi connectivity index (χ2n) is 23.7. The van der Waals surface area contributed by atoms with E-state index in [4.69, 9.17) is 5.11 Å². The van der Waals surface area contributed by atoms with E-state index in [1.54, 1.807) is 6.92 Å². The Morgan fingerprint density at radius 2 is 1.07 bits per heavy atom. The van der Waals surface area contributed by atoms with E-state index in [0.717, 1.165) is 70.6 Å². The zero-order chi connectivity index (χ0) is 42.1. The van der Waals surface area contributed by atoms with E-state index in [9.17, 15) is 30.0 Å². The van der Waals surface area contributed by atoms with Gasteiger partial charge in [0.1, 0.15) is 5.78 Å². The monoisotopic (exact) mass is 811 g/mol. The summed E-state index contributed by atoms with van der Waals surface area (Å²) in [4.78, 5) is 22.6. The zero-order valence-electron chi connectivity index (χ0n) is 38.0. The molecule has 8 saturated carbocycles. The molecule has 58 heavy (non-hydrogen) atoms. The summed E-state index contributed by atoms with van der Waals surface area (Å²) in [5.74, 6) is 6.38. The van der Waals surface area contributed by atoms with Gasteiger partial charge in [0, 0.05) is 12.8 Å². The number of aliphatic hydroxyl groups is 4. The first-order valence-electron chi connectivity index (χ1n) is 24.7. The summed E-state index contributed by atoms with van der Waals surface area (Å²) in [6.07, 6.45) is 19.6. The molecule has 5 N–H and O–H groups in total. The predicted octanol–water partition coefficient (Wildman–Crippen LogP) is 10.1. The number of ketones is 1. The van der Waals surface area contributed by atoms with Crippen LogP contribution in [0.1, 0.15) is 184 Å². The summed E-state index contributed by atoms with van der Waals surface area (Å²) in [6.45, 7) is 18.5. The Morgan fingerprint density at radius 1 is 0.586 bits per heavy atom. The Morgan fingerprint density at radius 3 is 1.62 bits per heavy atom. The molecule has 0 unspecified atom stereocenters. The minimum absolute atomic E-state index is 0.159. The second kappa shape index (κ2) is 16.9. The summed E-state index contributed by atoms with van der Waals surface area (Å²) >= 11 is 0. The fraction of sp³-hybridized carbons (Fsp3) is 0.961. The van der Waals surface area contributed by atoms with E-state index in [1.807, 2.05) is 0 Å². The minimum atomic E-state index is -0.683. The highest BCUT2D eigenvalue weighted by Crippen LogP contribution is 2.71. The predicted molar refractivity (Wildman–Crippen MR) is 230 cm³/mol. The maximum atomic E-state index is 11.7. The molecule has 8 aliphatic carbocycles. The Bertz CT molecular complexity index is 1470. The molecule has 7 nitrogen and oxygen atoms in total. The molecule has 0 radical (unpaired) electrons. The Balaban J connectivity index is 0.000000177. The van der Waals surface area contributed by atoms with E-state index in [-0.39, 0.29) is 41.7 Å². The maximum absolute atomic E-state index is 11.7. The lowest BCUT2D eigenvalue weighted by Crippen LogP contribution is -2.62. The molecule has 0 heterocycles. The molecule has 0 bridgehead atoms. The Hall–Kier alpha value is -1.02. The number of fused-ring (bicyclic) bond motifs is 10. The van der Waals surface area contributed by atoms with Gasteiger partial charge in [0.15, 0.2) is 0 Å². The molecule has 21 atom stereocenters. The van der Waals surface area contributed by atoms with Gasteiger partial charge in [0.2, 0.25) is 0 Å². The van der Waals surface area contributed by atoms with Crippen LogP contribution < -0.4 is 0 Å². The number of Topliss-reactive ketones (excluding diaryl/α,β-unsaturated/α-hetero) is 1. The molecule has 0 aliphatic heterocycles. The summed E-state index contributed by atoms with van der Waals surface area (Å²) in [6, 6.07) is 0. The van der Waals surface area contributed by atoms with Crippen LogP contribution in [-0.2, 0) is 9.59 Å². The van der Waals surface area contributed by atoms with Crippen LogP contribution >= 0.6 is 0 Å². The van der Waals surface area contributed by atoms with E-state index in [1.165, 1.54) is 51.4 Å². The number of carboxylic acids is 1. The molecule has 8 rings (SSSR count). The molecular weight excluding hydrogens is 725 g/mol. The van der Waals surface area contributed by atoms with Gasteiger partial charge in [0.05, 0.1) is 24.4 Å². The molecule has 332 valence electrons. The Kier molecular flexibility index (Phi) is 13.1. The molecule has 7 heteroatoms. The number of rotatable bonds is 9. The van der Waals surface area contributed by atoms with Crippen molar-refractivity contribution in [2.45, 2.75) is 208 Å². The smallest absolute Gasteiger partial charge is 0.303 e. The number of carbonyl (C=O) groups is 2. The van der Waals surface area contributed by atoms with Gasteiger partial charge in [-0.2, -0.15) is 0 Å². The van der Waals surface area contributed by atoms with Crippen molar-refractivity contribution in [3.8, 4) is 0 Å². The average molecular weight is 811 g/mol. The standard InChI is InChI=1S/C26H44O4.C25H42O3/c1-5-17-21-14-16(27)10-12-26(21,4)20-11-13-25(3)18(15(2)6-9-22(28)29)7-8-19(25)23(20)24(17)30;1-15(5-6-16(2)26)19-7-8-20-23-21(10-12-25(19,20)4)24(3)11-9-18(27)13-17(24)14-22(23)28/h15-21,23-24,27,30H,5-14H2,1-4H3,(H,28,29);15,17-23,27-28H,5-14H2,1-4H3/t15-,16-,17-,18-,19+,20+,21+,23+,24-,25-,26-;15-,17+,18-,19-,20+,21+,22+,23+,24+,25-/m11/s1. The van der Waals surface area contributed by atoms with Crippen molar-refractivity contribution in [3.05, 3.63) is 0 Å². The highest BCUT2D eigenvalue weighted by atomic mass is 16.4. The number of aliphatic hydroxyl groups excluding tert-OH is 4. The average Bonchev–Trinajstić information content (AvgIpc) is 3.71. The van der Waals surface area contributed by atoms with E-state index in [2.05, 4.69) is 48.5 Å². The molecule has 8 aliphatic rings. The van der Waals surface area contributed by atoms with Gasteiger partial charge in [0.25, 0.3) is 0 Å². The van der Waals surface area contributed by atoms with Crippen LogP contribution in [0.5, 0.6) is 0 Å². The van der Waals surface area contributed by atoms with Crippen LogP contribution in [0, 0.1) is 98.6 Å². The lowest BCUT2D eigenvalue weighted by atomic mass is 9.41. The molecular formula is C51H86O7. The summed E-state index contributed by atoms with van der Waals surface area (Å²) in [5, 5.41) is 52.8. The fourth-order valence-corrected chi connectivity index (χ4v) is 18.3. The molecule has 0 saturated heterocycles. The lowest BCUT2D eigenvalue weighted by Gasteiger charge is -2.64. The van der Waals surface area contributed by atoms with Gasteiger partial charge >= 0.3 is 5.97 Å². The van der Waals surface area contributed by atoms with E-state index >= 15 is 0 Å². The molecule has 0 aromatic rings.